The number of ether oxygens (including phenoxy) is 2. The van der Waals surface area contributed by atoms with Gasteiger partial charge in [0.05, 0.1) is 11.5 Å². The molecule has 0 spiro atoms. The second-order valence-corrected chi connectivity index (χ2v) is 5.51. The van der Waals surface area contributed by atoms with Crippen molar-refractivity contribution in [1.82, 2.24) is 9.97 Å². The van der Waals surface area contributed by atoms with Crippen molar-refractivity contribution in [2.24, 2.45) is 0 Å². The molecule has 1 aromatic rings. The molecule has 0 aromatic carbocycles. The Labute approximate surface area is 129 Å². The van der Waals surface area contributed by atoms with Gasteiger partial charge in [0, 0.05) is 13.2 Å². The van der Waals surface area contributed by atoms with Crippen LogP contribution in [0, 0.1) is 10.1 Å². The molecule has 1 heterocycles. The fourth-order valence-corrected chi connectivity index (χ4v) is 2.58. The van der Waals surface area contributed by atoms with E-state index in [9.17, 15) is 10.1 Å². The quantitative estimate of drug-likeness (QED) is 0.610. The zero-order valence-electron chi connectivity index (χ0n) is 12.9. The second-order valence-electron chi connectivity index (χ2n) is 5.51. The topological polar surface area (TPSA) is 99.4 Å². The molecule has 0 amide bonds. The van der Waals surface area contributed by atoms with E-state index in [-0.39, 0.29) is 29.5 Å². The summed E-state index contributed by atoms with van der Waals surface area (Å²) in [6.45, 7) is 2.27. The van der Waals surface area contributed by atoms with Crippen LogP contribution in [0.15, 0.2) is 6.33 Å². The smallest absolute Gasteiger partial charge is 0.372 e. The van der Waals surface area contributed by atoms with Gasteiger partial charge >= 0.3 is 5.69 Å². The van der Waals surface area contributed by atoms with Gasteiger partial charge < -0.3 is 14.8 Å². The van der Waals surface area contributed by atoms with Gasteiger partial charge in [-0.25, -0.2) is 4.98 Å². The normalized spacial score (nSPS) is 17.0. The molecule has 0 aliphatic heterocycles. The SMILES string of the molecule is COCC(C)Nc1ncnc(OC2CCCCC2)c1[N+](=O)[O-]. The zero-order chi connectivity index (χ0) is 15.9. The van der Waals surface area contributed by atoms with Crippen LogP contribution in [-0.2, 0) is 4.74 Å². The molecule has 0 saturated heterocycles. The van der Waals surface area contributed by atoms with E-state index in [0.717, 1.165) is 25.7 Å². The van der Waals surface area contributed by atoms with E-state index in [0.29, 0.717) is 6.61 Å². The van der Waals surface area contributed by atoms with Crippen molar-refractivity contribution < 1.29 is 14.4 Å². The molecule has 1 N–H and O–H groups in total. The van der Waals surface area contributed by atoms with Gasteiger partial charge in [0.2, 0.25) is 5.82 Å². The Balaban J connectivity index is 2.19. The molecule has 0 radical (unpaired) electrons. The van der Waals surface area contributed by atoms with Gasteiger partial charge in [0.15, 0.2) is 0 Å². The number of hydrogen-bond acceptors (Lipinski definition) is 7. The van der Waals surface area contributed by atoms with Crippen molar-refractivity contribution in [3.8, 4) is 5.88 Å². The Hall–Kier alpha value is -1.96. The third-order valence-electron chi connectivity index (χ3n) is 3.60. The lowest BCUT2D eigenvalue weighted by molar-refractivity contribution is -0.385. The highest BCUT2D eigenvalue weighted by Crippen LogP contribution is 2.33. The molecule has 8 heteroatoms. The van der Waals surface area contributed by atoms with Crippen molar-refractivity contribution in [3.63, 3.8) is 0 Å². The van der Waals surface area contributed by atoms with Crippen LogP contribution >= 0.6 is 0 Å². The third kappa shape index (κ3) is 4.27. The number of rotatable bonds is 7. The number of nitrogens with one attached hydrogen (secondary N) is 1. The largest absolute Gasteiger partial charge is 0.469 e. The number of nitro groups is 1. The summed E-state index contributed by atoms with van der Waals surface area (Å²) in [6, 6.07) is -0.110. The van der Waals surface area contributed by atoms with Crippen LogP contribution in [0.5, 0.6) is 5.88 Å². The van der Waals surface area contributed by atoms with E-state index in [4.69, 9.17) is 9.47 Å². The highest BCUT2D eigenvalue weighted by molar-refractivity contribution is 5.61. The highest BCUT2D eigenvalue weighted by atomic mass is 16.6. The van der Waals surface area contributed by atoms with Gasteiger partial charge in [0.25, 0.3) is 5.88 Å². The lowest BCUT2D eigenvalue weighted by Gasteiger charge is -2.22. The summed E-state index contributed by atoms with van der Waals surface area (Å²) in [6.07, 6.45) is 6.44. The Morgan fingerprint density at radius 1 is 1.41 bits per heavy atom. The van der Waals surface area contributed by atoms with E-state index >= 15 is 0 Å². The third-order valence-corrected chi connectivity index (χ3v) is 3.60. The van der Waals surface area contributed by atoms with Crippen molar-refractivity contribution in [2.45, 2.75) is 51.2 Å². The summed E-state index contributed by atoms with van der Waals surface area (Å²) < 4.78 is 10.8. The Morgan fingerprint density at radius 3 is 2.77 bits per heavy atom. The Kier molecular flexibility index (Phi) is 5.88. The molecule has 0 bridgehead atoms. The van der Waals surface area contributed by atoms with Gasteiger partial charge in [0.1, 0.15) is 12.4 Å². The maximum absolute atomic E-state index is 11.4. The summed E-state index contributed by atoms with van der Waals surface area (Å²) in [5.41, 5.74) is -0.212. The minimum absolute atomic E-state index is 0.00778. The van der Waals surface area contributed by atoms with Gasteiger partial charge in [-0.3, -0.25) is 10.1 Å². The molecular weight excluding hydrogens is 288 g/mol. The van der Waals surface area contributed by atoms with Crippen LogP contribution in [0.2, 0.25) is 0 Å². The predicted octanol–water partition coefficient (Wildman–Crippen LogP) is 2.54. The molecule has 2 rings (SSSR count). The monoisotopic (exact) mass is 310 g/mol. The van der Waals surface area contributed by atoms with Crippen LogP contribution in [0.25, 0.3) is 0 Å². The summed E-state index contributed by atoms with van der Waals surface area (Å²) in [5.74, 6) is 0.203. The minimum atomic E-state index is -0.500. The summed E-state index contributed by atoms with van der Waals surface area (Å²) in [7, 11) is 1.57. The van der Waals surface area contributed by atoms with Crippen LogP contribution in [0.1, 0.15) is 39.0 Å². The molecule has 8 nitrogen and oxygen atoms in total. The molecule has 1 aliphatic carbocycles. The van der Waals surface area contributed by atoms with E-state index in [1.165, 1.54) is 12.7 Å². The Bertz CT molecular complexity index is 506. The average Bonchev–Trinajstić information content (AvgIpc) is 2.48. The van der Waals surface area contributed by atoms with Crippen molar-refractivity contribution in [3.05, 3.63) is 16.4 Å². The number of aromatic nitrogens is 2. The fourth-order valence-electron chi connectivity index (χ4n) is 2.58. The first kappa shape index (κ1) is 16.4. The maximum atomic E-state index is 11.4. The number of hydrogen-bond donors (Lipinski definition) is 1. The molecule has 1 aliphatic rings. The van der Waals surface area contributed by atoms with E-state index in [1.807, 2.05) is 6.92 Å². The first-order valence-electron chi connectivity index (χ1n) is 7.53. The fraction of sp³-hybridized carbons (Fsp3) is 0.714. The predicted molar refractivity (Wildman–Crippen MR) is 81.1 cm³/mol. The molecule has 1 unspecified atom stereocenters. The lowest BCUT2D eigenvalue weighted by Crippen LogP contribution is -2.24. The second kappa shape index (κ2) is 7.88. The molecule has 1 fully saturated rings. The molecule has 122 valence electrons. The standard InChI is InChI=1S/C14H22N4O4/c1-10(8-21-2)17-13-12(18(19)20)14(16-9-15-13)22-11-6-4-3-5-7-11/h9-11H,3-8H2,1-2H3,(H,15,16,17). The molecule has 1 saturated carbocycles. The Morgan fingerprint density at radius 2 is 2.14 bits per heavy atom. The molecule has 1 aromatic heterocycles. The zero-order valence-corrected chi connectivity index (χ0v) is 12.9. The van der Waals surface area contributed by atoms with Crippen molar-refractivity contribution >= 4 is 11.5 Å². The van der Waals surface area contributed by atoms with Gasteiger partial charge in [-0.15, -0.1) is 0 Å². The minimum Gasteiger partial charge on any atom is -0.469 e. The number of anilines is 1. The maximum Gasteiger partial charge on any atom is 0.372 e. The molecule has 1 atom stereocenters. The van der Waals surface area contributed by atoms with Crippen molar-refractivity contribution in [2.75, 3.05) is 19.0 Å². The van der Waals surface area contributed by atoms with E-state index < -0.39 is 4.92 Å². The van der Waals surface area contributed by atoms with Crippen LogP contribution in [0.3, 0.4) is 0 Å². The van der Waals surface area contributed by atoms with Gasteiger partial charge in [-0.1, -0.05) is 6.42 Å². The van der Waals surface area contributed by atoms with Crippen LogP contribution in [0.4, 0.5) is 11.5 Å². The first-order chi connectivity index (χ1) is 10.6. The van der Waals surface area contributed by atoms with E-state index in [1.54, 1.807) is 7.11 Å². The molecule has 22 heavy (non-hydrogen) atoms. The average molecular weight is 310 g/mol. The van der Waals surface area contributed by atoms with Crippen LogP contribution in [-0.4, -0.2) is 40.8 Å². The number of nitrogens with zero attached hydrogens (tertiary/aromatic N) is 3. The first-order valence-corrected chi connectivity index (χ1v) is 7.53. The highest BCUT2D eigenvalue weighted by Gasteiger charge is 2.28. The van der Waals surface area contributed by atoms with Gasteiger partial charge in [-0.05, 0) is 32.6 Å². The van der Waals surface area contributed by atoms with Gasteiger partial charge in [-0.2, -0.15) is 4.98 Å². The van der Waals surface area contributed by atoms with Crippen molar-refractivity contribution in [1.29, 1.82) is 0 Å². The molecular formula is C14H22N4O4. The van der Waals surface area contributed by atoms with E-state index in [2.05, 4.69) is 15.3 Å². The lowest BCUT2D eigenvalue weighted by atomic mass is 9.98. The number of methoxy groups -OCH3 is 1. The summed E-state index contributed by atoms with van der Waals surface area (Å²) in [4.78, 5) is 18.8. The van der Waals surface area contributed by atoms with Crippen LogP contribution < -0.4 is 10.1 Å². The summed E-state index contributed by atoms with van der Waals surface area (Å²) in [5, 5.41) is 14.4. The summed E-state index contributed by atoms with van der Waals surface area (Å²) >= 11 is 0.